The van der Waals surface area contributed by atoms with Crippen LogP contribution in [0.1, 0.15) is 20.7 Å². The monoisotopic (exact) mass is 697 g/mol. The standard InChI is InChI=1S/C12H7NO2.C8HF17O3S/c14-11-8-5-1-3-7-4-2-6-9(10(7)8)12(15)13-11;9-1(10,3(13,14)5(17,18)7(21,22)23)2(11,12)4(15,16)6(19,20)8(24,25)29(26,27)28/h1-6H,(H,13,14,15);(H,26,27,28). The second-order valence-electron chi connectivity index (χ2n) is 8.43. The highest BCUT2D eigenvalue weighted by atomic mass is 32.2. The Morgan fingerprint density at radius 1 is 0.523 bits per heavy atom. The summed E-state index contributed by atoms with van der Waals surface area (Å²) in [5, 5.41) is -3.84. The van der Waals surface area contributed by atoms with E-state index in [1.165, 1.54) is 0 Å². The van der Waals surface area contributed by atoms with Gasteiger partial charge in [-0.3, -0.25) is 19.5 Å². The quantitative estimate of drug-likeness (QED) is 0.194. The number of carbonyl (C=O) groups excluding carboxylic acids is 2. The molecule has 3 rings (SSSR count). The van der Waals surface area contributed by atoms with Crippen LogP contribution in [0.25, 0.3) is 10.8 Å². The number of benzene rings is 2. The lowest BCUT2D eigenvalue weighted by molar-refractivity contribution is -0.458. The van der Waals surface area contributed by atoms with E-state index < -0.39 is 57.1 Å². The fourth-order valence-electron chi connectivity index (χ4n) is 3.27. The number of carbonyl (C=O) groups is 2. The van der Waals surface area contributed by atoms with Crippen LogP contribution >= 0.6 is 0 Å². The molecule has 248 valence electrons. The Hall–Kier alpha value is -3.44. The number of amides is 2. The van der Waals surface area contributed by atoms with Crippen LogP contribution in [0.2, 0.25) is 0 Å². The second-order valence-corrected chi connectivity index (χ2v) is 9.89. The van der Waals surface area contributed by atoms with E-state index in [0.29, 0.717) is 11.1 Å². The third kappa shape index (κ3) is 4.98. The Bertz CT molecular complexity index is 1540. The zero-order chi connectivity index (χ0) is 34.9. The highest BCUT2D eigenvalue weighted by molar-refractivity contribution is 7.87. The van der Waals surface area contributed by atoms with Crippen LogP contribution in [0.3, 0.4) is 0 Å². The third-order valence-corrected chi connectivity index (χ3v) is 6.54. The second kappa shape index (κ2) is 10.3. The molecule has 2 aromatic carbocycles. The molecule has 0 bridgehead atoms. The van der Waals surface area contributed by atoms with E-state index in [1.807, 2.05) is 24.3 Å². The maximum absolute atomic E-state index is 13.0. The smallest absolute Gasteiger partial charge is 0.288 e. The minimum atomic E-state index is -8.89. The minimum Gasteiger partial charge on any atom is -0.288 e. The van der Waals surface area contributed by atoms with Crippen molar-refractivity contribution >= 4 is 32.7 Å². The lowest BCUT2D eigenvalue weighted by Crippen LogP contribution is -2.74. The van der Waals surface area contributed by atoms with Crippen molar-refractivity contribution in [2.24, 2.45) is 0 Å². The van der Waals surface area contributed by atoms with E-state index >= 15 is 0 Å². The van der Waals surface area contributed by atoms with Crippen molar-refractivity contribution in [2.45, 2.75) is 47.0 Å². The highest BCUT2D eigenvalue weighted by Gasteiger charge is 2.96. The Balaban J connectivity index is 0.000000368. The van der Waals surface area contributed by atoms with E-state index in [4.69, 9.17) is 4.55 Å². The van der Waals surface area contributed by atoms with Crippen molar-refractivity contribution in [3.8, 4) is 0 Å². The number of imide groups is 1. The lowest BCUT2D eigenvalue weighted by atomic mass is 9.91. The predicted molar refractivity (Wildman–Crippen MR) is 108 cm³/mol. The van der Waals surface area contributed by atoms with Crippen molar-refractivity contribution in [3.05, 3.63) is 47.5 Å². The van der Waals surface area contributed by atoms with Gasteiger partial charge in [-0.15, -0.1) is 0 Å². The van der Waals surface area contributed by atoms with E-state index in [2.05, 4.69) is 5.32 Å². The zero-order valence-corrected chi connectivity index (χ0v) is 20.7. The van der Waals surface area contributed by atoms with Crippen LogP contribution in [0.4, 0.5) is 74.6 Å². The molecule has 24 heteroatoms. The zero-order valence-electron chi connectivity index (χ0n) is 19.9. The van der Waals surface area contributed by atoms with Crippen LogP contribution in [-0.2, 0) is 10.1 Å². The lowest BCUT2D eigenvalue weighted by Gasteiger charge is -2.42. The maximum Gasteiger partial charge on any atom is 0.460 e. The number of hydrogen-bond donors (Lipinski definition) is 2. The third-order valence-electron chi connectivity index (χ3n) is 5.64. The Labute approximate surface area is 230 Å². The average molecular weight is 697 g/mol. The van der Waals surface area contributed by atoms with Gasteiger partial charge in [0.15, 0.2) is 0 Å². The molecule has 1 heterocycles. The molecule has 0 aromatic heterocycles. The highest BCUT2D eigenvalue weighted by Crippen LogP contribution is 2.64. The molecule has 0 aliphatic carbocycles. The number of alkyl halides is 17. The first kappa shape index (κ1) is 36.8. The molecule has 0 spiro atoms. The largest absolute Gasteiger partial charge is 0.460 e. The van der Waals surface area contributed by atoms with Gasteiger partial charge in [-0.1, -0.05) is 24.3 Å². The molecule has 44 heavy (non-hydrogen) atoms. The van der Waals surface area contributed by atoms with Gasteiger partial charge in [0.1, 0.15) is 0 Å². The number of rotatable bonds is 7. The molecule has 1 aliphatic heterocycles. The maximum atomic E-state index is 13.0. The van der Waals surface area contributed by atoms with Crippen LogP contribution in [0.15, 0.2) is 36.4 Å². The Morgan fingerprint density at radius 3 is 1.16 bits per heavy atom. The predicted octanol–water partition coefficient (Wildman–Crippen LogP) is 6.56. The molecule has 2 amide bonds. The van der Waals surface area contributed by atoms with Gasteiger partial charge in [0, 0.05) is 16.5 Å². The summed E-state index contributed by atoms with van der Waals surface area (Å²) in [7, 11) is -7.89. The molecular formula is C20H8F17NO5S. The number of nitrogens with one attached hydrogen (secondary N) is 1. The van der Waals surface area contributed by atoms with Crippen LogP contribution in [0, 0.1) is 0 Å². The molecular weight excluding hydrogens is 689 g/mol. The van der Waals surface area contributed by atoms with Crippen molar-refractivity contribution in [1.82, 2.24) is 5.32 Å². The summed E-state index contributed by atoms with van der Waals surface area (Å²) in [6.07, 6.45) is -7.88. The van der Waals surface area contributed by atoms with E-state index in [1.54, 1.807) is 12.1 Å². The number of halogens is 17. The number of hydrogen-bond acceptors (Lipinski definition) is 4. The van der Waals surface area contributed by atoms with Crippen LogP contribution in [-0.4, -0.2) is 71.8 Å². The summed E-state index contributed by atoms with van der Waals surface area (Å²) in [5.74, 6) is -52.6. The van der Waals surface area contributed by atoms with Gasteiger partial charge < -0.3 is 0 Å². The first-order valence-electron chi connectivity index (χ1n) is 10.3. The normalized spacial score (nSPS) is 16.0. The van der Waals surface area contributed by atoms with Gasteiger partial charge in [-0.25, -0.2) is 0 Å². The fraction of sp³-hybridized carbons (Fsp3) is 0.400. The minimum absolute atomic E-state index is 0.315. The molecule has 0 saturated carbocycles. The van der Waals surface area contributed by atoms with E-state index in [-0.39, 0.29) is 11.8 Å². The first-order valence-corrected chi connectivity index (χ1v) is 11.8. The average Bonchev–Trinajstić information content (AvgIpc) is 2.85. The van der Waals surface area contributed by atoms with Crippen molar-refractivity contribution in [1.29, 1.82) is 0 Å². The van der Waals surface area contributed by atoms with Crippen molar-refractivity contribution < 1.29 is 97.2 Å². The van der Waals surface area contributed by atoms with E-state index in [9.17, 15) is 92.6 Å². The summed E-state index contributed by atoms with van der Waals surface area (Å²) >= 11 is 0. The van der Waals surface area contributed by atoms with Crippen molar-refractivity contribution in [3.63, 3.8) is 0 Å². The van der Waals surface area contributed by atoms with Crippen LogP contribution < -0.4 is 5.32 Å². The summed E-state index contributed by atoms with van der Waals surface area (Å²) < 4.78 is 242. The van der Waals surface area contributed by atoms with Gasteiger partial charge in [0.05, 0.1) is 0 Å². The van der Waals surface area contributed by atoms with Gasteiger partial charge in [-0.2, -0.15) is 83.1 Å². The molecule has 0 unspecified atom stereocenters. The summed E-state index contributed by atoms with van der Waals surface area (Å²) in [6.45, 7) is 0. The SMILES string of the molecule is O=C1NC(=O)c2cccc3cccc1c23.O=S(=O)(O)C(F)(F)C(F)(F)C(F)(F)C(F)(F)C(F)(F)C(F)(F)C(F)(F)C(F)(F)F. The molecule has 0 atom stereocenters. The van der Waals surface area contributed by atoms with Crippen LogP contribution in [0.5, 0.6) is 0 Å². The first-order chi connectivity index (χ1) is 19.3. The molecule has 0 radical (unpaired) electrons. The van der Waals surface area contributed by atoms with Gasteiger partial charge >= 0.3 is 57.1 Å². The Morgan fingerprint density at radius 2 is 0.841 bits per heavy atom. The molecule has 0 fully saturated rings. The molecule has 1 aliphatic rings. The van der Waals surface area contributed by atoms with Gasteiger partial charge in [0.25, 0.3) is 11.8 Å². The Kier molecular flexibility index (Phi) is 8.61. The molecule has 6 nitrogen and oxygen atoms in total. The summed E-state index contributed by atoms with van der Waals surface area (Å²) in [5.41, 5.74) is 1.14. The summed E-state index contributed by atoms with van der Waals surface area (Å²) in [4.78, 5) is 23.1. The molecule has 0 saturated heterocycles. The van der Waals surface area contributed by atoms with Gasteiger partial charge in [-0.05, 0) is 17.5 Å². The molecule has 2 aromatic rings. The summed E-state index contributed by atoms with van der Waals surface area (Å²) in [6, 6.07) is 10.9. The fourth-order valence-corrected chi connectivity index (χ4v) is 3.72. The van der Waals surface area contributed by atoms with E-state index in [0.717, 1.165) is 10.8 Å². The molecule has 2 N–H and O–H groups in total. The van der Waals surface area contributed by atoms with Crippen molar-refractivity contribution in [2.75, 3.05) is 0 Å². The topological polar surface area (TPSA) is 101 Å². The van der Waals surface area contributed by atoms with Gasteiger partial charge in [0.2, 0.25) is 0 Å².